The number of halogens is 1. The Kier molecular flexibility index (Phi) is 7.99. The van der Waals surface area contributed by atoms with Gasteiger partial charge in [0.05, 0.1) is 12.2 Å². The van der Waals surface area contributed by atoms with Gasteiger partial charge in [0.2, 0.25) is 0 Å². The summed E-state index contributed by atoms with van der Waals surface area (Å²) in [5.41, 5.74) is 3.71. The molecule has 6 rings (SSSR count). The van der Waals surface area contributed by atoms with Crippen LogP contribution in [-0.4, -0.2) is 23.6 Å². The first-order valence-electron chi connectivity index (χ1n) is 13.8. The van der Waals surface area contributed by atoms with Gasteiger partial charge in [-0.3, -0.25) is 0 Å². The minimum absolute atomic E-state index is 0.134. The van der Waals surface area contributed by atoms with Crippen molar-refractivity contribution in [2.24, 2.45) is 5.92 Å². The Bertz CT molecular complexity index is 1290. The summed E-state index contributed by atoms with van der Waals surface area (Å²) >= 11 is 5.64. The highest BCUT2D eigenvalue weighted by Gasteiger charge is 2.52. The van der Waals surface area contributed by atoms with Gasteiger partial charge in [0.1, 0.15) is 12.2 Å². The van der Waals surface area contributed by atoms with E-state index in [0.29, 0.717) is 23.9 Å². The van der Waals surface area contributed by atoms with Crippen LogP contribution >= 0.6 is 27.7 Å². The maximum absolute atomic E-state index is 13.1. The molecule has 3 aliphatic rings. The molecule has 3 aromatic rings. The minimum atomic E-state index is -0.687. The van der Waals surface area contributed by atoms with E-state index in [9.17, 15) is 4.79 Å². The summed E-state index contributed by atoms with van der Waals surface area (Å²) in [6.07, 6.45) is 6.61. The molecule has 1 spiro atoms. The van der Waals surface area contributed by atoms with Crippen LogP contribution in [0.4, 0.5) is 0 Å². The molecule has 4 nitrogen and oxygen atoms in total. The van der Waals surface area contributed by atoms with Crippen molar-refractivity contribution < 1.29 is 19.0 Å². The molecule has 0 amide bonds. The highest BCUT2D eigenvalue weighted by molar-refractivity contribution is 9.10. The Hall–Kier alpha value is -2.38. The van der Waals surface area contributed by atoms with Gasteiger partial charge in [-0.25, -0.2) is 4.79 Å². The van der Waals surface area contributed by atoms with E-state index in [2.05, 4.69) is 58.4 Å². The normalized spacial score (nSPS) is 24.3. The molecular weight excluding hydrogens is 572 g/mol. The molecule has 3 fully saturated rings. The lowest BCUT2D eigenvalue weighted by molar-refractivity contribution is -0.172. The average Bonchev–Trinajstić information content (AvgIpc) is 3.58. The van der Waals surface area contributed by atoms with Crippen molar-refractivity contribution in [1.29, 1.82) is 0 Å². The Labute approximate surface area is 243 Å². The number of hydrogen-bond acceptors (Lipinski definition) is 5. The SMILES string of the molecule is CCOC(=O)C(=C[C@H]1CCC2(C1)O[C@H](c1ccccc1)[C@@H](c1ccccc1)O2)c1ccc(SC2CC2)c(Br)c1. The molecule has 0 aromatic heterocycles. The highest BCUT2D eigenvalue weighted by Crippen LogP contribution is 2.54. The van der Waals surface area contributed by atoms with E-state index in [4.69, 9.17) is 14.2 Å². The maximum atomic E-state index is 13.1. The monoisotopic (exact) mass is 604 g/mol. The molecule has 1 aliphatic heterocycles. The molecular formula is C33H33BrO4S. The van der Waals surface area contributed by atoms with Gasteiger partial charge in [-0.1, -0.05) is 72.8 Å². The van der Waals surface area contributed by atoms with Crippen LogP contribution in [0.5, 0.6) is 0 Å². The second-order valence-electron chi connectivity index (χ2n) is 10.6. The summed E-state index contributed by atoms with van der Waals surface area (Å²) < 4.78 is 20.1. The van der Waals surface area contributed by atoms with Gasteiger partial charge in [0.15, 0.2) is 5.79 Å². The molecule has 2 aliphatic carbocycles. The van der Waals surface area contributed by atoms with E-state index in [-0.39, 0.29) is 24.1 Å². The second kappa shape index (κ2) is 11.6. The Morgan fingerprint density at radius 1 is 0.974 bits per heavy atom. The van der Waals surface area contributed by atoms with Gasteiger partial charge in [-0.05, 0) is 76.9 Å². The van der Waals surface area contributed by atoms with Crippen LogP contribution < -0.4 is 0 Å². The molecule has 1 heterocycles. The van der Waals surface area contributed by atoms with Gasteiger partial charge < -0.3 is 14.2 Å². The molecule has 3 atom stereocenters. The van der Waals surface area contributed by atoms with E-state index >= 15 is 0 Å². The second-order valence-corrected chi connectivity index (χ2v) is 12.8. The molecule has 0 bridgehead atoms. The van der Waals surface area contributed by atoms with E-state index in [1.165, 1.54) is 17.7 Å². The summed E-state index contributed by atoms with van der Waals surface area (Å²) in [7, 11) is 0. The first kappa shape index (κ1) is 26.8. The van der Waals surface area contributed by atoms with Gasteiger partial charge in [0, 0.05) is 27.5 Å². The van der Waals surface area contributed by atoms with Gasteiger partial charge in [-0.15, -0.1) is 11.8 Å². The molecule has 6 heteroatoms. The number of ether oxygens (including phenoxy) is 3. The lowest BCUT2D eigenvalue weighted by atomic mass is 9.98. The lowest BCUT2D eigenvalue weighted by Gasteiger charge is -2.23. The predicted molar refractivity (Wildman–Crippen MR) is 158 cm³/mol. The van der Waals surface area contributed by atoms with Crippen LogP contribution in [0.1, 0.15) is 67.9 Å². The molecule has 0 unspecified atom stereocenters. The smallest absolute Gasteiger partial charge is 0.338 e. The first-order valence-corrected chi connectivity index (χ1v) is 15.5. The molecule has 0 N–H and O–H groups in total. The van der Waals surface area contributed by atoms with E-state index in [0.717, 1.165) is 34.0 Å². The topological polar surface area (TPSA) is 44.8 Å². The third kappa shape index (κ3) is 6.04. The fraction of sp³-hybridized carbons (Fsp3) is 0.364. The van der Waals surface area contributed by atoms with Gasteiger partial charge >= 0.3 is 5.97 Å². The van der Waals surface area contributed by atoms with E-state index in [1.807, 2.05) is 61.2 Å². The molecule has 0 radical (unpaired) electrons. The number of carbonyl (C=O) groups is 1. The number of allylic oxidation sites excluding steroid dienone is 1. The first-order chi connectivity index (χ1) is 19.0. The van der Waals surface area contributed by atoms with Crippen LogP contribution in [0.25, 0.3) is 5.57 Å². The zero-order valence-corrected chi connectivity index (χ0v) is 24.5. The average molecular weight is 606 g/mol. The quantitative estimate of drug-likeness (QED) is 0.190. The van der Waals surface area contributed by atoms with Crippen LogP contribution in [0.15, 0.2) is 94.3 Å². The van der Waals surface area contributed by atoms with Gasteiger partial charge in [0.25, 0.3) is 0 Å². The standard InChI is InChI=1S/C33H33BrO4S/c1-2-36-32(35)27(25-13-16-29(28(34)20-25)39-26-14-15-26)19-22-17-18-33(21-22)37-30(23-9-5-3-6-10-23)31(38-33)24-11-7-4-8-12-24/h3-13,16,19-20,22,26,30-31H,2,14-15,17-18,21H2,1H3/t22-,30-,31-/m1/s1. The number of hydrogen-bond donors (Lipinski definition) is 0. The van der Waals surface area contributed by atoms with Crippen molar-refractivity contribution in [3.05, 3.63) is 106 Å². The largest absolute Gasteiger partial charge is 0.462 e. The number of benzene rings is 3. The predicted octanol–water partition coefficient (Wildman–Crippen LogP) is 8.68. The van der Waals surface area contributed by atoms with E-state index < -0.39 is 5.79 Å². The number of esters is 1. The summed E-state index contributed by atoms with van der Waals surface area (Å²) in [5.74, 6) is -0.840. The van der Waals surface area contributed by atoms with Crippen molar-refractivity contribution in [2.75, 3.05) is 6.61 Å². The number of thioether (sulfide) groups is 1. The highest BCUT2D eigenvalue weighted by atomic mass is 79.9. The summed E-state index contributed by atoms with van der Waals surface area (Å²) in [6, 6.07) is 26.9. The third-order valence-electron chi connectivity index (χ3n) is 7.64. The summed E-state index contributed by atoms with van der Waals surface area (Å²) in [4.78, 5) is 14.3. The van der Waals surface area contributed by atoms with Crippen LogP contribution in [-0.2, 0) is 19.0 Å². The fourth-order valence-corrected chi connectivity index (χ4v) is 7.31. The maximum Gasteiger partial charge on any atom is 0.338 e. The zero-order valence-electron chi connectivity index (χ0n) is 22.1. The molecule has 3 aromatic carbocycles. The fourth-order valence-electron chi connectivity index (χ4n) is 5.61. The lowest BCUT2D eigenvalue weighted by Crippen LogP contribution is -2.26. The molecule has 202 valence electrons. The Balaban J connectivity index is 1.26. The van der Waals surface area contributed by atoms with Gasteiger partial charge in [-0.2, -0.15) is 0 Å². The van der Waals surface area contributed by atoms with Crippen LogP contribution in [0, 0.1) is 5.92 Å². The summed E-state index contributed by atoms with van der Waals surface area (Å²) in [6.45, 7) is 2.18. The van der Waals surface area contributed by atoms with E-state index in [1.54, 1.807) is 0 Å². The van der Waals surface area contributed by atoms with Crippen molar-refractivity contribution in [1.82, 2.24) is 0 Å². The molecule has 2 saturated carbocycles. The zero-order chi connectivity index (χ0) is 26.8. The summed E-state index contributed by atoms with van der Waals surface area (Å²) in [5, 5.41) is 0.715. The van der Waals surface area contributed by atoms with Crippen molar-refractivity contribution in [3.63, 3.8) is 0 Å². The van der Waals surface area contributed by atoms with Crippen molar-refractivity contribution >= 4 is 39.2 Å². The number of rotatable bonds is 8. The minimum Gasteiger partial charge on any atom is -0.462 e. The molecule has 1 saturated heterocycles. The van der Waals surface area contributed by atoms with Crippen LogP contribution in [0.2, 0.25) is 0 Å². The van der Waals surface area contributed by atoms with Crippen LogP contribution in [0.3, 0.4) is 0 Å². The van der Waals surface area contributed by atoms with Crippen molar-refractivity contribution in [3.8, 4) is 0 Å². The molecule has 39 heavy (non-hydrogen) atoms. The third-order valence-corrected chi connectivity index (χ3v) is 9.98. The Morgan fingerprint density at radius 2 is 1.62 bits per heavy atom. The number of carbonyl (C=O) groups excluding carboxylic acids is 1. The Morgan fingerprint density at radius 3 is 2.18 bits per heavy atom. The van der Waals surface area contributed by atoms with Crippen molar-refractivity contribution in [2.45, 2.75) is 67.2 Å².